The van der Waals surface area contributed by atoms with Crippen LogP contribution < -0.4 is 21.7 Å². The molecule has 2 aromatic rings. The van der Waals surface area contributed by atoms with Crippen molar-refractivity contribution in [1.29, 1.82) is 0 Å². The lowest BCUT2D eigenvalue weighted by molar-refractivity contribution is -0.129. The van der Waals surface area contributed by atoms with Gasteiger partial charge in [0.1, 0.15) is 12.6 Å². The van der Waals surface area contributed by atoms with Crippen LogP contribution in [0.1, 0.15) is 38.3 Å². The number of hydrogen-bond acceptors (Lipinski definition) is 8. The van der Waals surface area contributed by atoms with E-state index in [-0.39, 0.29) is 25.5 Å². The van der Waals surface area contributed by atoms with Crippen LogP contribution in [0.3, 0.4) is 0 Å². The summed E-state index contributed by atoms with van der Waals surface area (Å²) < 4.78 is 5.22. The molecule has 0 radical (unpaired) electrons. The van der Waals surface area contributed by atoms with Crippen molar-refractivity contribution < 1.29 is 29.0 Å². The first-order valence-corrected chi connectivity index (χ1v) is 15.0. The molecule has 0 unspecified atom stereocenters. The summed E-state index contributed by atoms with van der Waals surface area (Å²) in [5, 5.41) is 19.6. The van der Waals surface area contributed by atoms with Crippen molar-refractivity contribution in [1.82, 2.24) is 20.9 Å². The van der Waals surface area contributed by atoms with Crippen LogP contribution in [-0.4, -0.2) is 81.8 Å². The van der Waals surface area contributed by atoms with Crippen LogP contribution in [0.2, 0.25) is 0 Å². The lowest BCUT2D eigenvalue weighted by Gasteiger charge is -2.32. The molecule has 4 atom stereocenters. The van der Waals surface area contributed by atoms with Crippen LogP contribution in [0.5, 0.6) is 0 Å². The smallest absolute Gasteiger partial charge is 0.408 e. The average Bonchev–Trinajstić information content (AvgIpc) is 3.39. The van der Waals surface area contributed by atoms with Crippen LogP contribution in [0.4, 0.5) is 4.79 Å². The van der Waals surface area contributed by atoms with E-state index in [1.165, 1.54) is 0 Å². The molecule has 1 aliphatic rings. The number of rotatable bonds is 13. The van der Waals surface area contributed by atoms with Gasteiger partial charge in [-0.05, 0) is 38.3 Å². The second kappa shape index (κ2) is 15.6. The van der Waals surface area contributed by atoms with Crippen molar-refractivity contribution in [2.45, 2.75) is 70.0 Å². The third-order valence-corrected chi connectivity index (χ3v) is 7.58. The van der Waals surface area contributed by atoms with Crippen LogP contribution >= 0.6 is 11.8 Å². The van der Waals surface area contributed by atoms with Gasteiger partial charge in [0.05, 0.1) is 24.6 Å². The quantitative estimate of drug-likeness (QED) is 0.232. The Balaban J connectivity index is 1.71. The second-order valence-corrected chi connectivity index (χ2v) is 12.3. The fourth-order valence-electron chi connectivity index (χ4n) is 4.47. The molecular formula is C30H41N5O6S. The molecule has 42 heavy (non-hydrogen) atoms. The van der Waals surface area contributed by atoms with Crippen molar-refractivity contribution in [3.63, 3.8) is 0 Å². The summed E-state index contributed by atoms with van der Waals surface area (Å²) in [7, 11) is 0. The predicted molar refractivity (Wildman–Crippen MR) is 161 cm³/mol. The molecule has 4 amide bonds. The van der Waals surface area contributed by atoms with Gasteiger partial charge in [-0.15, -0.1) is 11.8 Å². The van der Waals surface area contributed by atoms with Gasteiger partial charge in [-0.1, -0.05) is 60.7 Å². The van der Waals surface area contributed by atoms with E-state index in [0.717, 1.165) is 11.1 Å². The van der Waals surface area contributed by atoms with Gasteiger partial charge >= 0.3 is 6.09 Å². The summed E-state index contributed by atoms with van der Waals surface area (Å²) in [5.74, 6) is -0.475. The van der Waals surface area contributed by atoms with Gasteiger partial charge in [-0.25, -0.2) is 4.79 Å². The first-order chi connectivity index (χ1) is 19.9. The second-order valence-electron chi connectivity index (χ2n) is 11.3. The van der Waals surface area contributed by atoms with Gasteiger partial charge in [-0.3, -0.25) is 19.3 Å². The number of β-amino-alcohol motifs (C(OH)–C–C–N with tert-alkyl or cyclic N) is 1. The number of benzene rings is 2. The van der Waals surface area contributed by atoms with Crippen molar-refractivity contribution in [2.75, 3.05) is 18.2 Å². The number of carbonyl (C=O) groups excluding carboxylic acids is 4. The Morgan fingerprint density at radius 2 is 1.64 bits per heavy atom. The van der Waals surface area contributed by atoms with Crippen molar-refractivity contribution in [3.8, 4) is 0 Å². The number of nitrogens with one attached hydrogen (secondary N) is 3. The van der Waals surface area contributed by atoms with Crippen molar-refractivity contribution in [2.24, 2.45) is 5.73 Å². The summed E-state index contributed by atoms with van der Waals surface area (Å²) in [6.45, 7) is 5.83. The van der Waals surface area contributed by atoms with E-state index in [2.05, 4.69) is 16.0 Å². The Labute approximate surface area is 250 Å². The fraction of sp³-hybridized carbons (Fsp3) is 0.467. The first-order valence-electron chi connectivity index (χ1n) is 13.8. The van der Waals surface area contributed by atoms with E-state index in [1.807, 2.05) is 62.1 Å². The Bertz CT molecular complexity index is 1190. The van der Waals surface area contributed by atoms with Gasteiger partial charge < -0.3 is 31.5 Å². The zero-order valence-electron chi connectivity index (χ0n) is 24.2. The van der Waals surface area contributed by atoms with E-state index in [1.54, 1.807) is 36.0 Å². The van der Waals surface area contributed by atoms with E-state index in [0.29, 0.717) is 11.6 Å². The minimum atomic E-state index is -1.32. The number of ether oxygens (including phenoxy) is 1. The molecule has 0 aromatic heterocycles. The highest BCUT2D eigenvalue weighted by molar-refractivity contribution is 7.99. The SMILES string of the molecule is CC(C)(C)NC(=O)[C@@H]1CSCN1C[C@@H](O)[C@H](Cc1ccccc1)NC(=O)[C@H](CC(N)=O)NC(=O)OCc1ccccc1. The highest BCUT2D eigenvalue weighted by Crippen LogP contribution is 2.23. The molecule has 1 saturated heterocycles. The predicted octanol–water partition coefficient (Wildman–Crippen LogP) is 1.53. The highest BCUT2D eigenvalue weighted by atomic mass is 32.2. The Morgan fingerprint density at radius 3 is 2.24 bits per heavy atom. The monoisotopic (exact) mass is 599 g/mol. The maximum absolute atomic E-state index is 13.4. The summed E-state index contributed by atoms with van der Waals surface area (Å²) in [6, 6.07) is 15.8. The first kappa shape index (κ1) is 32.9. The van der Waals surface area contributed by atoms with E-state index < -0.39 is 54.1 Å². The normalized spacial score (nSPS) is 17.5. The maximum atomic E-state index is 13.4. The van der Waals surface area contributed by atoms with Crippen molar-refractivity contribution in [3.05, 3.63) is 71.8 Å². The van der Waals surface area contributed by atoms with Gasteiger partial charge in [0, 0.05) is 23.7 Å². The zero-order valence-corrected chi connectivity index (χ0v) is 25.1. The van der Waals surface area contributed by atoms with Gasteiger partial charge in [-0.2, -0.15) is 0 Å². The summed E-state index contributed by atoms with van der Waals surface area (Å²) >= 11 is 1.59. The molecule has 0 aliphatic carbocycles. The number of primary amides is 1. The van der Waals surface area contributed by atoms with Gasteiger partial charge in [0.25, 0.3) is 0 Å². The number of aliphatic hydroxyl groups excluding tert-OH is 1. The number of thioether (sulfide) groups is 1. The number of nitrogens with two attached hydrogens (primary N) is 1. The lowest BCUT2D eigenvalue weighted by Crippen LogP contribution is -2.57. The largest absolute Gasteiger partial charge is 0.445 e. The third-order valence-electron chi connectivity index (χ3n) is 6.51. The number of alkyl carbamates (subject to hydrolysis) is 1. The topological polar surface area (TPSA) is 163 Å². The number of hydrogen-bond donors (Lipinski definition) is 5. The molecule has 1 fully saturated rings. The molecule has 0 saturated carbocycles. The molecule has 1 heterocycles. The van der Waals surface area contributed by atoms with Crippen LogP contribution in [-0.2, 0) is 32.1 Å². The van der Waals surface area contributed by atoms with Gasteiger partial charge in [0.2, 0.25) is 17.7 Å². The molecule has 11 nitrogen and oxygen atoms in total. The van der Waals surface area contributed by atoms with Crippen LogP contribution in [0, 0.1) is 0 Å². The molecule has 0 bridgehead atoms. The minimum absolute atomic E-state index is 0.0231. The summed E-state index contributed by atoms with van der Waals surface area (Å²) in [6.07, 6.45) is -2.15. The third kappa shape index (κ3) is 11.0. The Kier molecular flexibility index (Phi) is 12.2. The number of amides is 4. The van der Waals surface area contributed by atoms with Crippen LogP contribution in [0.15, 0.2) is 60.7 Å². The standard InChI is InChI=1S/C30H41N5O6S/c1-30(2,3)34-28(39)24-18-42-19-35(24)16-25(36)22(14-20-10-6-4-7-11-20)32-27(38)23(15-26(31)37)33-29(40)41-17-21-12-8-5-9-13-21/h4-13,22-25,36H,14-19H2,1-3H3,(H2,31,37)(H,32,38)(H,33,40)(H,34,39)/t22-,23-,24-,25+/m0/s1. The number of carbonyl (C=O) groups is 4. The summed E-state index contributed by atoms with van der Waals surface area (Å²) in [4.78, 5) is 52.4. The van der Waals surface area contributed by atoms with Crippen molar-refractivity contribution >= 4 is 35.6 Å². The molecular weight excluding hydrogens is 558 g/mol. The van der Waals surface area contributed by atoms with E-state index in [4.69, 9.17) is 10.5 Å². The van der Waals surface area contributed by atoms with Gasteiger partial charge in [0.15, 0.2) is 0 Å². The average molecular weight is 600 g/mol. The molecule has 3 rings (SSSR count). The Morgan fingerprint density at radius 1 is 1.02 bits per heavy atom. The minimum Gasteiger partial charge on any atom is -0.445 e. The molecule has 12 heteroatoms. The Hall–Kier alpha value is -3.61. The number of aliphatic hydroxyl groups is 1. The molecule has 2 aromatic carbocycles. The highest BCUT2D eigenvalue weighted by Gasteiger charge is 2.36. The molecule has 0 spiro atoms. The fourth-order valence-corrected chi connectivity index (χ4v) is 5.68. The maximum Gasteiger partial charge on any atom is 0.408 e. The number of nitrogens with zero attached hydrogens (tertiary/aromatic N) is 1. The lowest BCUT2D eigenvalue weighted by atomic mass is 9.99. The summed E-state index contributed by atoms with van der Waals surface area (Å²) in [5.41, 5.74) is 6.59. The van der Waals surface area contributed by atoms with E-state index in [9.17, 15) is 24.3 Å². The molecule has 6 N–H and O–H groups in total. The zero-order chi connectivity index (χ0) is 30.7. The molecule has 228 valence electrons. The van der Waals surface area contributed by atoms with E-state index >= 15 is 0 Å². The van der Waals surface area contributed by atoms with Crippen LogP contribution in [0.25, 0.3) is 0 Å². The molecule has 1 aliphatic heterocycles.